The first kappa shape index (κ1) is 13.5. The van der Waals surface area contributed by atoms with Gasteiger partial charge in [-0.2, -0.15) is 0 Å². The predicted molar refractivity (Wildman–Crippen MR) is 66.1 cm³/mol. The molecule has 0 aliphatic carbocycles. The van der Waals surface area contributed by atoms with Crippen LogP contribution in [0.25, 0.3) is 0 Å². The molecule has 4 nitrogen and oxygen atoms in total. The van der Waals surface area contributed by atoms with E-state index in [9.17, 15) is 4.79 Å². The molecule has 0 radical (unpaired) electrons. The molecule has 1 aromatic carbocycles. The smallest absolute Gasteiger partial charge is 0.323 e. The molecule has 0 aliphatic rings. The summed E-state index contributed by atoms with van der Waals surface area (Å²) in [6.45, 7) is 4.00. The summed E-state index contributed by atoms with van der Waals surface area (Å²) in [6.07, 6.45) is 1.02. The fraction of sp³-hybridized carbons (Fsp3) is 0.462. The Morgan fingerprint density at radius 2 is 2.00 bits per heavy atom. The van der Waals surface area contributed by atoms with E-state index < -0.39 is 11.5 Å². The van der Waals surface area contributed by atoms with Gasteiger partial charge in [0.15, 0.2) is 0 Å². The summed E-state index contributed by atoms with van der Waals surface area (Å²) in [5.74, 6) is -0.183. The van der Waals surface area contributed by atoms with Crippen molar-refractivity contribution in [2.24, 2.45) is 5.73 Å². The molecule has 1 aromatic rings. The second-order valence-corrected chi connectivity index (χ2v) is 4.49. The van der Waals surface area contributed by atoms with Crippen molar-refractivity contribution in [3.8, 4) is 5.75 Å². The largest absolute Gasteiger partial charge is 0.494 e. The zero-order valence-electron chi connectivity index (χ0n) is 10.3. The van der Waals surface area contributed by atoms with Gasteiger partial charge in [-0.3, -0.25) is 4.79 Å². The molecule has 0 heterocycles. The van der Waals surface area contributed by atoms with E-state index in [1.165, 1.54) is 12.5 Å². The van der Waals surface area contributed by atoms with Crippen LogP contribution in [-0.4, -0.2) is 23.2 Å². The molecule has 1 atom stereocenters. The Morgan fingerprint density at radius 3 is 2.53 bits per heavy atom. The maximum Gasteiger partial charge on any atom is 0.323 e. The van der Waals surface area contributed by atoms with Crippen LogP contribution in [0.15, 0.2) is 24.3 Å². The molecule has 0 spiro atoms. The highest BCUT2D eigenvalue weighted by Crippen LogP contribution is 2.13. The fourth-order valence-corrected chi connectivity index (χ4v) is 1.37. The Labute approximate surface area is 101 Å². The van der Waals surface area contributed by atoms with Crippen LogP contribution in [0, 0.1) is 6.92 Å². The van der Waals surface area contributed by atoms with E-state index in [4.69, 9.17) is 15.6 Å². The number of hydrogen-bond acceptors (Lipinski definition) is 3. The van der Waals surface area contributed by atoms with Crippen LogP contribution in [0.3, 0.4) is 0 Å². The molecule has 1 unspecified atom stereocenters. The van der Waals surface area contributed by atoms with Gasteiger partial charge in [0, 0.05) is 0 Å². The summed E-state index contributed by atoms with van der Waals surface area (Å²) in [4.78, 5) is 10.8. The third kappa shape index (κ3) is 4.44. The van der Waals surface area contributed by atoms with E-state index in [1.807, 2.05) is 31.2 Å². The minimum atomic E-state index is -1.17. The second-order valence-electron chi connectivity index (χ2n) is 4.49. The molecule has 0 saturated carbocycles. The van der Waals surface area contributed by atoms with Gasteiger partial charge in [0.2, 0.25) is 0 Å². The minimum Gasteiger partial charge on any atom is -0.494 e. The first-order chi connectivity index (χ1) is 7.92. The van der Waals surface area contributed by atoms with E-state index >= 15 is 0 Å². The molecule has 0 aromatic heterocycles. The van der Waals surface area contributed by atoms with E-state index in [1.54, 1.807) is 0 Å². The first-order valence-electron chi connectivity index (χ1n) is 5.63. The lowest BCUT2D eigenvalue weighted by atomic mass is 9.98. The van der Waals surface area contributed by atoms with Crippen molar-refractivity contribution in [1.29, 1.82) is 0 Å². The number of carbonyl (C=O) groups is 1. The van der Waals surface area contributed by atoms with Gasteiger partial charge in [0.1, 0.15) is 11.3 Å². The SMILES string of the molecule is Cc1ccc(OCCCC(C)(N)C(=O)O)cc1. The van der Waals surface area contributed by atoms with Crippen molar-refractivity contribution in [3.63, 3.8) is 0 Å². The molecule has 0 saturated heterocycles. The average molecular weight is 237 g/mol. The van der Waals surface area contributed by atoms with Crippen LogP contribution in [0.2, 0.25) is 0 Å². The van der Waals surface area contributed by atoms with Crippen molar-refractivity contribution in [2.45, 2.75) is 32.2 Å². The third-order valence-corrected chi connectivity index (χ3v) is 2.62. The number of benzene rings is 1. The molecule has 0 bridgehead atoms. The third-order valence-electron chi connectivity index (χ3n) is 2.62. The van der Waals surface area contributed by atoms with Gasteiger partial charge in [0.05, 0.1) is 6.61 Å². The lowest BCUT2D eigenvalue weighted by Gasteiger charge is -2.18. The van der Waals surface area contributed by atoms with Crippen LogP contribution >= 0.6 is 0 Å². The molecular weight excluding hydrogens is 218 g/mol. The highest BCUT2D eigenvalue weighted by atomic mass is 16.5. The van der Waals surface area contributed by atoms with Crippen LogP contribution in [0.5, 0.6) is 5.75 Å². The van der Waals surface area contributed by atoms with E-state index in [0.29, 0.717) is 19.4 Å². The Balaban J connectivity index is 2.29. The number of carboxylic acids is 1. The van der Waals surface area contributed by atoms with Crippen molar-refractivity contribution in [1.82, 2.24) is 0 Å². The second kappa shape index (κ2) is 5.68. The number of aryl methyl sites for hydroxylation is 1. The van der Waals surface area contributed by atoms with Gasteiger partial charge in [-0.15, -0.1) is 0 Å². The summed E-state index contributed by atoms with van der Waals surface area (Å²) >= 11 is 0. The average Bonchev–Trinajstić information content (AvgIpc) is 2.26. The highest BCUT2D eigenvalue weighted by molar-refractivity contribution is 5.77. The summed E-state index contributed by atoms with van der Waals surface area (Å²) in [6, 6.07) is 7.74. The van der Waals surface area contributed by atoms with Crippen molar-refractivity contribution >= 4 is 5.97 Å². The van der Waals surface area contributed by atoms with Gasteiger partial charge < -0.3 is 15.6 Å². The number of carboxylic acid groups (broad SMARTS) is 1. The Bertz CT molecular complexity index is 371. The quantitative estimate of drug-likeness (QED) is 0.742. The zero-order chi connectivity index (χ0) is 12.9. The molecule has 0 fully saturated rings. The molecule has 17 heavy (non-hydrogen) atoms. The number of aliphatic carboxylic acids is 1. The van der Waals surface area contributed by atoms with E-state index in [2.05, 4.69) is 0 Å². The molecule has 1 rings (SSSR count). The topological polar surface area (TPSA) is 72.5 Å². The lowest BCUT2D eigenvalue weighted by molar-refractivity contribution is -0.142. The van der Waals surface area contributed by atoms with Crippen LogP contribution in [0.4, 0.5) is 0 Å². The Hall–Kier alpha value is -1.55. The summed E-state index contributed by atoms with van der Waals surface area (Å²) in [5, 5.41) is 8.82. The van der Waals surface area contributed by atoms with Gasteiger partial charge in [0.25, 0.3) is 0 Å². The summed E-state index contributed by atoms with van der Waals surface area (Å²) in [7, 11) is 0. The number of rotatable bonds is 6. The minimum absolute atomic E-state index is 0.397. The maximum atomic E-state index is 10.8. The zero-order valence-corrected chi connectivity index (χ0v) is 10.3. The van der Waals surface area contributed by atoms with Crippen molar-refractivity contribution < 1.29 is 14.6 Å². The normalized spacial score (nSPS) is 14.1. The van der Waals surface area contributed by atoms with Crippen molar-refractivity contribution in [3.05, 3.63) is 29.8 Å². The summed E-state index contributed by atoms with van der Waals surface area (Å²) < 4.78 is 5.49. The first-order valence-corrected chi connectivity index (χ1v) is 5.63. The Morgan fingerprint density at radius 1 is 1.41 bits per heavy atom. The monoisotopic (exact) mass is 237 g/mol. The molecule has 4 heteroatoms. The number of nitrogens with two attached hydrogens (primary N) is 1. The fourth-order valence-electron chi connectivity index (χ4n) is 1.37. The van der Waals surface area contributed by atoms with Gasteiger partial charge in [-0.25, -0.2) is 0 Å². The molecule has 3 N–H and O–H groups in total. The Kier molecular flexibility index (Phi) is 4.52. The maximum absolute atomic E-state index is 10.8. The molecule has 94 valence electrons. The number of hydrogen-bond donors (Lipinski definition) is 2. The van der Waals surface area contributed by atoms with E-state index in [-0.39, 0.29) is 0 Å². The van der Waals surface area contributed by atoms with Crippen LogP contribution in [0.1, 0.15) is 25.3 Å². The van der Waals surface area contributed by atoms with Gasteiger partial charge in [-0.1, -0.05) is 17.7 Å². The number of ether oxygens (including phenoxy) is 1. The standard InChI is InChI=1S/C13H19NO3/c1-10-4-6-11(7-5-10)17-9-3-8-13(2,14)12(15)16/h4-7H,3,8-9,14H2,1-2H3,(H,15,16). The van der Waals surface area contributed by atoms with Crippen LogP contribution in [-0.2, 0) is 4.79 Å². The lowest BCUT2D eigenvalue weighted by Crippen LogP contribution is -2.44. The van der Waals surface area contributed by atoms with E-state index in [0.717, 1.165) is 5.75 Å². The van der Waals surface area contributed by atoms with Crippen molar-refractivity contribution in [2.75, 3.05) is 6.61 Å². The van der Waals surface area contributed by atoms with Gasteiger partial charge >= 0.3 is 5.97 Å². The molecule has 0 aliphatic heterocycles. The van der Waals surface area contributed by atoms with Crippen LogP contribution < -0.4 is 10.5 Å². The predicted octanol–water partition coefficient (Wildman–Crippen LogP) is 1.96. The van der Waals surface area contributed by atoms with Gasteiger partial charge in [-0.05, 0) is 38.8 Å². The molecule has 0 amide bonds. The molecular formula is C13H19NO3. The highest BCUT2D eigenvalue weighted by Gasteiger charge is 2.26. The summed E-state index contributed by atoms with van der Waals surface area (Å²) in [5.41, 5.74) is 5.61.